The van der Waals surface area contributed by atoms with Crippen LogP contribution in [0, 0.1) is 0 Å². The van der Waals surface area contributed by atoms with Crippen LogP contribution in [0.3, 0.4) is 0 Å². The molecule has 0 saturated heterocycles. The maximum Gasteiger partial charge on any atom is 0.416 e. The van der Waals surface area contributed by atoms with Crippen molar-refractivity contribution in [2.75, 3.05) is 0 Å². The molecule has 0 amide bonds. The van der Waals surface area contributed by atoms with Gasteiger partial charge in [0.15, 0.2) is 11.6 Å². The van der Waals surface area contributed by atoms with Crippen LogP contribution in [0.4, 0.5) is 13.2 Å². The molecule has 28 heavy (non-hydrogen) atoms. The van der Waals surface area contributed by atoms with Crippen LogP contribution >= 0.6 is 0 Å². The lowest BCUT2D eigenvalue weighted by Crippen LogP contribution is -2.07. The lowest BCUT2D eigenvalue weighted by molar-refractivity contribution is -0.137. The molecule has 3 rings (SSSR count). The van der Waals surface area contributed by atoms with Gasteiger partial charge in [0.1, 0.15) is 0 Å². The number of hydrogen-bond donors (Lipinski definition) is 0. The standard InChI is InChI=1S/C23H15F3O2/c24-23(25,26)19-13-11-17(12-14-19)21(27)15-20(16-7-3-1-4-8-16)22(28)18-9-5-2-6-10-18/h1-15H. The van der Waals surface area contributed by atoms with Gasteiger partial charge in [-0.3, -0.25) is 9.59 Å². The van der Waals surface area contributed by atoms with Gasteiger partial charge in [0.05, 0.1) is 5.56 Å². The Labute approximate surface area is 160 Å². The molecule has 0 spiro atoms. The van der Waals surface area contributed by atoms with Gasteiger partial charge < -0.3 is 0 Å². The van der Waals surface area contributed by atoms with E-state index in [1.165, 1.54) is 6.08 Å². The van der Waals surface area contributed by atoms with Crippen molar-refractivity contribution < 1.29 is 22.8 Å². The van der Waals surface area contributed by atoms with Crippen molar-refractivity contribution in [1.29, 1.82) is 0 Å². The predicted molar refractivity (Wildman–Crippen MR) is 101 cm³/mol. The van der Waals surface area contributed by atoms with Crippen LogP contribution in [0.15, 0.2) is 91.0 Å². The van der Waals surface area contributed by atoms with Crippen molar-refractivity contribution in [3.63, 3.8) is 0 Å². The van der Waals surface area contributed by atoms with Crippen molar-refractivity contribution in [1.82, 2.24) is 0 Å². The summed E-state index contributed by atoms with van der Waals surface area (Å²) in [4.78, 5) is 25.5. The Kier molecular flexibility index (Phi) is 5.54. The van der Waals surface area contributed by atoms with Gasteiger partial charge in [0, 0.05) is 16.7 Å². The molecule has 0 fully saturated rings. The van der Waals surface area contributed by atoms with Crippen molar-refractivity contribution >= 4 is 17.1 Å². The van der Waals surface area contributed by atoms with Gasteiger partial charge in [-0.1, -0.05) is 72.8 Å². The summed E-state index contributed by atoms with van der Waals surface area (Å²) in [5.74, 6) is -0.885. The fraction of sp³-hybridized carbons (Fsp3) is 0.0435. The van der Waals surface area contributed by atoms with Gasteiger partial charge in [-0.15, -0.1) is 0 Å². The Balaban J connectivity index is 1.99. The number of benzene rings is 3. The smallest absolute Gasteiger partial charge is 0.289 e. The predicted octanol–water partition coefficient (Wildman–Crippen LogP) is 5.85. The fourth-order valence-corrected chi connectivity index (χ4v) is 2.68. The van der Waals surface area contributed by atoms with E-state index >= 15 is 0 Å². The number of hydrogen-bond acceptors (Lipinski definition) is 2. The number of ketones is 2. The van der Waals surface area contributed by atoms with Crippen LogP contribution < -0.4 is 0 Å². The van der Waals surface area contributed by atoms with Gasteiger partial charge in [0.2, 0.25) is 0 Å². The monoisotopic (exact) mass is 380 g/mol. The summed E-state index contributed by atoms with van der Waals surface area (Å²) in [7, 11) is 0. The first kappa shape index (κ1) is 19.3. The third-order valence-electron chi connectivity index (χ3n) is 4.14. The summed E-state index contributed by atoms with van der Waals surface area (Å²) in [6.45, 7) is 0. The molecule has 2 nitrogen and oxygen atoms in total. The molecule has 0 saturated carbocycles. The van der Waals surface area contributed by atoms with Crippen LogP contribution in [0.2, 0.25) is 0 Å². The zero-order chi connectivity index (χ0) is 20.1. The van der Waals surface area contributed by atoms with E-state index < -0.39 is 17.5 Å². The second kappa shape index (κ2) is 8.05. The normalized spacial score (nSPS) is 11.9. The third kappa shape index (κ3) is 4.43. The number of carbonyl (C=O) groups excluding carboxylic acids is 2. The highest BCUT2D eigenvalue weighted by molar-refractivity contribution is 6.32. The van der Waals surface area contributed by atoms with E-state index in [1.54, 1.807) is 60.7 Å². The largest absolute Gasteiger partial charge is 0.416 e. The zero-order valence-corrected chi connectivity index (χ0v) is 14.6. The SMILES string of the molecule is O=C(C=C(C(=O)c1ccccc1)c1ccccc1)c1ccc(C(F)(F)F)cc1. The van der Waals surface area contributed by atoms with Crippen molar-refractivity contribution in [2.45, 2.75) is 6.18 Å². The summed E-state index contributed by atoms with van der Waals surface area (Å²) >= 11 is 0. The fourth-order valence-electron chi connectivity index (χ4n) is 2.68. The maximum atomic E-state index is 12.9. The lowest BCUT2D eigenvalue weighted by atomic mass is 9.94. The minimum Gasteiger partial charge on any atom is -0.289 e. The summed E-state index contributed by atoms with van der Waals surface area (Å²) in [6.07, 6.45) is -3.30. The molecule has 0 N–H and O–H groups in total. The van der Waals surface area contributed by atoms with Crippen LogP contribution in [0.25, 0.3) is 5.57 Å². The van der Waals surface area contributed by atoms with Gasteiger partial charge in [0.25, 0.3) is 0 Å². The molecule has 0 aliphatic rings. The molecule has 5 heteroatoms. The second-order valence-electron chi connectivity index (χ2n) is 6.06. The highest BCUT2D eigenvalue weighted by Gasteiger charge is 2.30. The Morgan fingerprint density at radius 1 is 0.643 bits per heavy atom. The first-order valence-electron chi connectivity index (χ1n) is 8.45. The van der Waals surface area contributed by atoms with Crippen LogP contribution in [0.5, 0.6) is 0 Å². The lowest BCUT2D eigenvalue weighted by Gasteiger charge is -2.09. The average molecular weight is 380 g/mol. The summed E-state index contributed by atoms with van der Waals surface area (Å²) < 4.78 is 38.1. The first-order chi connectivity index (χ1) is 13.4. The van der Waals surface area contributed by atoms with E-state index in [0.29, 0.717) is 11.1 Å². The Hall–Kier alpha value is -3.47. The van der Waals surface area contributed by atoms with Crippen molar-refractivity contribution in [3.8, 4) is 0 Å². The molecule has 0 radical (unpaired) electrons. The molecule has 140 valence electrons. The molecule has 0 aromatic heterocycles. The number of carbonyl (C=O) groups is 2. The van der Waals surface area contributed by atoms with E-state index in [9.17, 15) is 22.8 Å². The average Bonchev–Trinajstić information content (AvgIpc) is 2.72. The minimum atomic E-state index is -4.48. The van der Waals surface area contributed by atoms with Gasteiger partial charge in [-0.25, -0.2) is 0 Å². The van der Waals surface area contributed by atoms with Crippen molar-refractivity contribution in [3.05, 3.63) is 113 Å². The molecular weight excluding hydrogens is 365 g/mol. The summed E-state index contributed by atoms with van der Waals surface area (Å²) in [5.41, 5.74) is 0.380. The van der Waals surface area contributed by atoms with E-state index in [-0.39, 0.29) is 16.9 Å². The highest BCUT2D eigenvalue weighted by atomic mass is 19.4. The van der Waals surface area contributed by atoms with E-state index in [1.807, 2.05) is 0 Å². The molecule has 0 aliphatic carbocycles. The molecule has 0 aliphatic heterocycles. The Morgan fingerprint density at radius 3 is 1.64 bits per heavy atom. The minimum absolute atomic E-state index is 0.0716. The van der Waals surface area contributed by atoms with E-state index in [0.717, 1.165) is 24.3 Å². The summed E-state index contributed by atoms with van der Waals surface area (Å²) in [6, 6.07) is 21.1. The number of allylic oxidation sites excluding steroid dienone is 2. The zero-order valence-electron chi connectivity index (χ0n) is 14.6. The maximum absolute atomic E-state index is 12.9. The molecule has 0 unspecified atom stereocenters. The van der Waals surface area contributed by atoms with Gasteiger partial charge in [-0.2, -0.15) is 13.2 Å². The first-order valence-corrected chi connectivity index (χ1v) is 8.45. The molecule has 3 aromatic rings. The molecule has 0 bridgehead atoms. The van der Waals surface area contributed by atoms with Crippen LogP contribution in [-0.2, 0) is 6.18 Å². The third-order valence-corrected chi connectivity index (χ3v) is 4.14. The molecular formula is C23H15F3O2. The number of halogens is 3. The van der Waals surface area contributed by atoms with E-state index in [4.69, 9.17) is 0 Å². The molecule has 0 heterocycles. The van der Waals surface area contributed by atoms with Gasteiger partial charge in [-0.05, 0) is 23.8 Å². The van der Waals surface area contributed by atoms with E-state index in [2.05, 4.69) is 0 Å². The number of Topliss-reactive ketones (excluding diaryl/α,β-unsaturated/α-hetero) is 1. The van der Waals surface area contributed by atoms with Crippen LogP contribution in [-0.4, -0.2) is 11.6 Å². The summed E-state index contributed by atoms with van der Waals surface area (Å²) in [5, 5.41) is 0. The van der Waals surface area contributed by atoms with Crippen molar-refractivity contribution in [2.24, 2.45) is 0 Å². The van der Waals surface area contributed by atoms with Crippen LogP contribution in [0.1, 0.15) is 31.8 Å². The Morgan fingerprint density at radius 2 is 1.14 bits per heavy atom. The molecule has 0 atom stereocenters. The number of alkyl halides is 3. The molecule has 3 aromatic carbocycles. The quantitative estimate of drug-likeness (QED) is 0.411. The highest BCUT2D eigenvalue weighted by Crippen LogP contribution is 2.29. The van der Waals surface area contributed by atoms with Gasteiger partial charge >= 0.3 is 6.18 Å². The second-order valence-corrected chi connectivity index (χ2v) is 6.06. The topological polar surface area (TPSA) is 34.1 Å². The Bertz CT molecular complexity index is 1000. The number of rotatable bonds is 5.